The van der Waals surface area contributed by atoms with Crippen molar-refractivity contribution in [3.8, 4) is 0 Å². The van der Waals surface area contributed by atoms with Crippen LogP contribution in [-0.4, -0.2) is 12.6 Å². The van der Waals surface area contributed by atoms with Gasteiger partial charge in [-0.1, -0.05) is 25.0 Å². The fourth-order valence-corrected chi connectivity index (χ4v) is 3.06. The number of hydrogen-bond acceptors (Lipinski definition) is 2. The molecule has 1 heterocycles. The van der Waals surface area contributed by atoms with E-state index in [2.05, 4.69) is 10.6 Å². The lowest BCUT2D eigenvalue weighted by Gasteiger charge is -2.30. The molecule has 0 aromatic heterocycles. The Morgan fingerprint density at radius 2 is 2.00 bits per heavy atom. The summed E-state index contributed by atoms with van der Waals surface area (Å²) in [7, 11) is 0. The summed E-state index contributed by atoms with van der Waals surface area (Å²) in [6.45, 7) is 0.859. The number of nitrogens with one attached hydrogen (secondary N) is 2. The van der Waals surface area contributed by atoms with Crippen LogP contribution in [-0.2, 0) is 0 Å². The molecule has 0 bridgehead atoms. The van der Waals surface area contributed by atoms with Gasteiger partial charge in [0.1, 0.15) is 5.82 Å². The van der Waals surface area contributed by atoms with Crippen molar-refractivity contribution in [2.24, 2.45) is 0 Å². The summed E-state index contributed by atoms with van der Waals surface area (Å²) < 4.78 is 13.7. The third-order valence-corrected chi connectivity index (χ3v) is 3.95. The topological polar surface area (TPSA) is 24.1 Å². The smallest absolute Gasteiger partial charge is 0.146 e. The van der Waals surface area contributed by atoms with E-state index in [1.807, 2.05) is 12.1 Å². The van der Waals surface area contributed by atoms with Gasteiger partial charge in [0.05, 0.1) is 5.69 Å². The number of hydrogen-bond donors (Lipinski definition) is 2. The molecule has 1 aliphatic heterocycles. The summed E-state index contributed by atoms with van der Waals surface area (Å²) in [6, 6.07) is 6.34. The predicted molar refractivity (Wildman–Crippen MR) is 67.6 cm³/mol. The van der Waals surface area contributed by atoms with E-state index in [4.69, 9.17) is 0 Å². The molecule has 1 unspecified atom stereocenters. The van der Waals surface area contributed by atoms with Gasteiger partial charge in [-0.05, 0) is 30.9 Å². The van der Waals surface area contributed by atoms with E-state index < -0.39 is 0 Å². The maximum atomic E-state index is 13.7. The van der Waals surface area contributed by atoms with Crippen molar-refractivity contribution < 1.29 is 4.39 Å². The Hall–Kier alpha value is -1.09. The van der Waals surface area contributed by atoms with E-state index in [1.54, 1.807) is 0 Å². The van der Waals surface area contributed by atoms with E-state index in [0.29, 0.717) is 17.8 Å². The lowest BCUT2D eigenvalue weighted by atomic mass is 9.96. The Balaban J connectivity index is 1.81. The van der Waals surface area contributed by atoms with Crippen molar-refractivity contribution in [1.29, 1.82) is 0 Å². The molecule has 2 N–H and O–H groups in total. The van der Waals surface area contributed by atoms with Crippen molar-refractivity contribution in [1.82, 2.24) is 5.32 Å². The predicted octanol–water partition coefficient (Wildman–Crippen LogP) is 3.21. The standard InChI is InChI=1S/C14H19FN2/c15-12-7-3-6-11-13(8-9-16-14(11)12)17-10-4-1-2-5-10/h3,6-7,10,13,16-17H,1-2,4-5,8-9H2. The summed E-state index contributed by atoms with van der Waals surface area (Å²) in [5, 5.41) is 6.87. The Bertz CT molecular complexity index is 399. The second kappa shape index (κ2) is 4.65. The summed E-state index contributed by atoms with van der Waals surface area (Å²) in [5.41, 5.74) is 1.80. The zero-order chi connectivity index (χ0) is 11.7. The first kappa shape index (κ1) is 11.0. The minimum absolute atomic E-state index is 0.125. The van der Waals surface area contributed by atoms with Gasteiger partial charge < -0.3 is 10.6 Å². The molecule has 0 radical (unpaired) electrons. The molecular weight excluding hydrogens is 215 g/mol. The average Bonchev–Trinajstić information content (AvgIpc) is 2.83. The van der Waals surface area contributed by atoms with Crippen molar-refractivity contribution in [3.63, 3.8) is 0 Å². The van der Waals surface area contributed by atoms with Crippen molar-refractivity contribution in [2.45, 2.75) is 44.2 Å². The fourth-order valence-electron chi connectivity index (χ4n) is 3.06. The van der Waals surface area contributed by atoms with E-state index in [-0.39, 0.29) is 5.82 Å². The SMILES string of the molecule is Fc1cccc2c1NCCC2NC1CCCC1. The van der Waals surface area contributed by atoms with Gasteiger partial charge in [-0.15, -0.1) is 0 Å². The van der Waals surface area contributed by atoms with Crippen LogP contribution in [0.3, 0.4) is 0 Å². The van der Waals surface area contributed by atoms with Crippen molar-refractivity contribution in [3.05, 3.63) is 29.6 Å². The number of rotatable bonds is 2. The van der Waals surface area contributed by atoms with Gasteiger partial charge in [0.25, 0.3) is 0 Å². The highest BCUT2D eigenvalue weighted by Gasteiger charge is 2.25. The van der Waals surface area contributed by atoms with Crippen LogP contribution >= 0.6 is 0 Å². The molecule has 1 aliphatic carbocycles. The first-order valence-electron chi connectivity index (χ1n) is 6.63. The molecule has 3 rings (SSSR count). The molecule has 17 heavy (non-hydrogen) atoms. The van der Waals surface area contributed by atoms with Gasteiger partial charge in [0.15, 0.2) is 0 Å². The summed E-state index contributed by atoms with van der Waals surface area (Å²) >= 11 is 0. The first-order valence-corrected chi connectivity index (χ1v) is 6.63. The highest BCUT2D eigenvalue weighted by atomic mass is 19.1. The van der Waals surface area contributed by atoms with E-state index in [1.165, 1.54) is 31.7 Å². The molecule has 0 spiro atoms. The molecule has 2 aliphatic rings. The Morgan fingerprint density at radius 3 is 2.82 bits per heavy atom. The third-order valence-electron chi connectivity index (χ3n) is 3.95. The number of halogens is 1. The minimum Gasteiger partial charge on any atom is -0.382 e. The molecular formula is C14H19FN2. The van der Waals surface area contributed by atoms with Crippen LogP contribution in [0.1, 0.15) is 43.7 Å². The monoisotopic (exact) mass is 234 g/mol. The maximum Gasteiger partial charge on any atom is 0.146 e. The van der Waals surface area contributed by atoms with E-state index in [0.717, 1.165) is 18.5 Å². The van der Waals surface area contributed by atoms with Gasteiger partial charge in [-0.2, -0.15) is 0 Å². The maximum absolute atomic E-state index is 13.7. The number of anilines is 1. The normalized spacial score (nSPS) is 24.4. The lowest BCUT2D eigenvalue weighted by molar-refractivity contribution is 0.418. The Kier molecular flexibility index (Phi) is 3.02. The molecule has 0 saturated heterocycles. The average molecular weight is 234 g/mol. The summed E-state index contributed by atoms with van der Waals surface area (Å²) in [4.78, 5) is 0. The highest BCUT2D eigenvalue weighted by Crippen LogP contribution is 2.33. The van der Waals surface area contributed by atoms with Crippen LogP contribution in [0.4, 0.5) is 10.1 Å². The van der Waals surface area contributed by atoms with Gasteiger partial charge in [0, 0.05) is 18.6 Å². The van der Waals surface area contributed by atoms with Crippen molar-refractivity contribution in [2.75, 3.05) is 11.9 Å². The van der Waals surface area contributed by atoms with Gasteiger partial charge in [0.2, 0.25) is 0 Å². The van der Waals surface area contributed by atoms with Crippen LogP contribution in [0.5, 0.6) is 0 Å². The molecule has 3 heteroatoms. The molecule has 1 atom stereocenters. The highest BCUT2D eigenvalue weighted by molar-refractivity contribution is 5.55. The molecule has 1 fully saturated rings. The lowest BCUT2D eigenvalue weighted by Crippen LogP contribution is -2.34. The fraction of sp³-hybridized carbons (Fsp3) is 0.571. The van der Waals surface area contributed by atoms with Crippen LogP contribution in [0.15, 0.2) is 18.2 Å². The zero-order valence-corrected chi connectivity index (χ0v) is 10.0. The summed E-state index contributed by atoms with van der Waals surface area (Å²) in [6.07, 6.45) is 6.26. The molecule has 92 valence electrons. The van der Waals surface area contributed by atoms with Crippen LogP contribution in [0, 0.1) is 5.82 Å². The second-order valence-electron chi connectivity index (χ2n) is 5.12. The number of benzene rings is 1. The van der Waals surface area contributed by atoms with Gasteiger partial charge in [-0.25, -0.2) is 4.39 Å². The van der Waals surface area contributed by atoms with Crippen LogP contribution < -0.4 is 10.6 Å². The largest absolute Gasteiger partial charge is 0.382 e. The molecule has 0 amide bonds. The number of fused-ring (bicyclic) bond motifs is 1. The second-order valence-corrected chi connectivity index (χ2v) is 5.12. The van der Waals surface area contributed by atoms with E-state index in [9.17, 15) is 4.39 Å². The zero-order valence-electron chi connectivity index (χ0n) is 10.0. The van der Waals surface area contributed by atoms with Crippen LogP contribution in [0.25, 0.3) is 0 Å². The van der Waals surface area contributed by atoms with E-state index >= 15 is 0 Å². The Morgan fingerprint density at radius 1 is 1.18 bits per heavy atom. The van der Waals surface area contributed by atoms with Crippen molar-refractivity contribution >= 4 is 5.69 Å². The molecule has 1 aromatic carbocycles. The summed E-state index contributed by atoms with van der Waals surface area (Å²) in [5.74, 6) is -0.125. The van der Waals surface area contributed by atoms with Gasteiger partial charge in [-0.3, -0.25) is 0 Å². The quantitative estimate of drug-likeness (QED) is 0.821. The van der Waals surface area contributed by atoms with Gasteiger partial charge >= 0.3 is 0 Å². The molecule has 1 aromatic rings. The molecule has 2 nitrogen and oxygen atoms in total. The molecule has 1 saturated carbocycles. The Labute approximate surface area is 102 Å². The third kappa shape index (κ3) is 2.16. The number of para-hydroxylation sites is 1. The first-order chi connectivity index (χ1) is 8.34. The minimum atomic E-state index is -0.125. The van der Waals surface area contributed by atoms with Crippen LogP contribution in [0.2, 0.25) is 0 Å².